The second-order valence-electron chi connectivity index (χ2n) is 8.74. The van der Waals surface area contributed by atoms with Crippen molar-refractivity contribution < 1.29 is 19.1 Å². The van der Waals surface area contributed by atoms with Gasteiger partial charge in [0.15, 0.2) is 0 Å². The lowest BCUT2D eigenvalue weighted by molar-refractivity contribution is -0.140. The van der Waals surface area contributed by atoms with Crippen molar-refractivity contribution in [2.45, 2.75) is 31.3 Å². The molecule has 7 nitrogen and oxygen atoms in total. The number of carbonyl (C=O) groups is 2. The quantitative estimate of drug-likeness (QED) is 0.632. The van der Waals surface area contributed by atoms with E-state index in [-0.39, 0.29) is 17.9 Å². The minimum atomic E-state index is -0.645. The van der Waals surface area contributed by atoms with Crippen LogP contribution < -0.4 is 10.1 Å². The third kappa shape index (κ3) is 6.12. The Hall–Kier alpha value is -2.90. The molecule has 2 amide bonds. The summed E-state index contributed by atoms with van der Waals surface area (Å²) in [4.78, 5) is 29.3. The van der Waals surface area contributed by atoms with Crippen LogP contribution in [-0.2, 0) is 9.53 Å². The van der Waals surface area contributed by atoms with Crippen LogP contribution in [0.25, 0.3) is 0 Å². The van der Waals surface area contributed by atoms with Crippen LogP contribution in [0.3, 0.4) is 0 Å². The average molecular weight is 454 g/mol. The molecule has 33 heavy (non-hydrogen) atoms. The van der Waals surface area contributed by atoms with Crippen LogP contribution in [0.15, 0.2) is 54.6 Å². The Balaban J connectivity index is 1.64. The van der Waals surface area contributed by atoms with Gasteiger partial charge in [-0.15, -0.1) is 0 Å². The highest BCUT2D eigenvalue weighted by atomic mass is 16.5. The molecule has 1 unspecified atom stereocenters. The van der Waals surface area contributed by atoms with Crippen LogP contribution >= 0.6 is 0 Å². The third-order valence-electron chi connectivity index (χ3n) is 6.32. The first-order valence-electron chi connectivity index (χ1n) is 11.4. The van der Waals surface area contributed by atoms with Crippen molar-refractivity contribution in [1.82, 2.24) is 15.1 Å². The molecule has 0 spiro atoms. The van der Waals surface area contributed by atoms with Gasteiger partial charge in [0.05, 0.1) is 6.04 Å². The van der Waals surface area contributed by atoms with Crippen molar-refractivity contribution in [2.75, 3.05) is 47.5 Å². The van der Waals surface area contributed by atoms with Gasteiger partial charge in [0.2, 0.25) is 5.91 Å². The summed E-state index contributed by atoms with van der Waals surface area (Å²) in [5.41, 5.74) is 0.935. The third-order valence-corrected chi connectivity index (χ3v) is 6.32. The van der Waals surface area contributed by atoms with E-state index in [1.165, 1.54) is 0 Å². The van der Waals surface area contributed by atoms with Crippen LogP contribution in [0, 0.1) is 0 Å². The largest absolute Gasteiger partial charge is 0.492 e. The molecule has 3 rings (SSSR count). The molecule has 1 saturated heterocycles. The molecule has 1 atom stereocenters. The molecule has 1 heterocycles. The van der Waals surface area contributed by atoms with Gasteiger partial charge in [-0.3, -0.25) is 14.5 Å². The fraction of sp³-hybridized carbons (Fsp3) is 0.462. The van der Waals surface area contributed by atoms with Crippen molar-refractivity contribution in [2.24, 2.45) is 0 Å². The zero-order chi connectivity index (χ0) is 23.8. The number of amides is 2. The van der Waals surface area contributed by atoms with Gasteiger partial charge < -0.3 is 19.7 Å². The van der Waals surface area contributed by atoms with E-state index in [9.17, 15) is 9.59 Å². The number of likely N-dealkylation sites (N-methyl/N-ethyl adjacent to an activating group) is 1. The minimum absolute atomic E-state index is 0.00560. The maximum absolute atomic E-state index is 13.5. The first-order chi connectivity index (χ1) is 15.8. The average Bonchev–Trinajstić information content (AvgIpc) is 2.84. The number of nitrogens with one attached hydrogen (secondary N) is 1. The summed E-state index contributed by atoms with van der Waals surface area (Å²) in [7, 11) is 5.44. The number of hydrogen-bond acceptors (Lipinski definition) is 5. The maximum Gasteiger partial charge on any atom is 0.253 e. The van der Waals surface area contributed by atoms with E-state index in [1.807, 2.05) is 56.4 Å². The van der Waals surface area contributed by atoms with Gasteiger partial charge in [0.25, 0.3) is 5.91 Å². The standard InChI is InChI=1S/C26H35N3O4/c1-20(21-10-12-22(13-11-21)24(30)28(2)3)27-25(31)26(14-17-32-18-15-26)29(4)16-19-33-23-8-6-5-7-9-23/h5-13,20H,14-19H2,1-4H3,(H,27,31). The van der Waals surface area contributed by atoms with Gasteiger partial charge in [0.1, 0.15) is 17.9 Å². The first-order valence-corrected chi connectivity index (χ1v) is 11.4. The number of carbonyl (C=O) groups excluding carboxylic acids is 2. The molecule has 178 valence electrons. The number of rotatable bonds is 9. The molecule has 2 aromatic rings. The normalized spacial score (nSPS) is 16.2. The van der Waals surface area contributed by atoms with Crippen molar-refractivity contribution in [3.63, 3.8) is 0 Å². The number of nitrogens with zero attached hydrogens (tertiary/aromatic N) is 2. The lowest BCUT2D eigenvalue weighted by atomic mass is 9.86. The topological polar surface area (TPSA) is 71.1 Å². The molecule has 1 aliphatic rings. The van der Waals surface area contributed by atoms with E-state index in [0.29, 0.717) is 44.8 Å². The Bertz CT molecular complexity index is 909. The molecule has 1 aliphatic heterocycles. The summed E-state index contributed by atoms with van der Waals surface area (Å²) in [5.74, 6) is 0.772. The predicted molar refractivity (Wildman–Crippen MR) is 128 cm³/mol. The van der Waals surface area contributed by atoms with Gasteiger partial charge in [-0.05, 0) is 56.6 Å². The summed E-state index contributed by atoms with van der Waals surface area (Å²) in [6.07, 6.45) is 1.26. The second-order valence-corrected chi connectivity index (χ2v) is 8.74. The van der Waals surface area contributed by atoms with E-state index in [2.05, 4.69) is 10.2 Å². The molecule has 0 aliphatic carbocycles. The fourth-order valence-electron chi connectivity index (χ4n) is 4.11. The summed E-state index contributed by atoms with van der Waals surface area (Å²) >= 11 is 0. The van der Waals surface area contributed by atoms with E-state index in [0.717, 1.165) is 11.3 Å². The Morgan fingerprint density at radius 3 is 2.27 bits per heavy atom. The number of hydrogen-bond donors (Lipinski definition) is 1. The molecule has 0 aromatic heterocycles. The van der Waals surface area contributed by atoms with Gasteiger partial charge >= 0.3 is 0 Å². The predicted octanol–water partition coefficient (Wildman–Crippen LogP) is 3.13. The number of para-hydroxylation sites is 1. The smallest absolute Gasteiger partial charge is 0.253 e. The van der Waals surface area contributed by atoms with E-state index in [1.54, 1.807) is 31.1 Å². The number of ether oxygens (including phenoxy) is 2. The Labute approximate surface area is 196 Å². The summed E-state index contributed by atoms with van der Waals surface area (Å²) < 4.78 is 11.4. The number of benzene rings is 2. The van der Waals surface area contributed by atoms with Crippen LogP contribution in [0.4, 0.5) is 0 Å². The Morgan fingerprint density at radius 2 is 1.67 bits per heavy atom. The van der Waals surface area contributed by atoms with Crippen molar-refractivity contribution in [1.29, 1.82) is 0 Å². The van der Waals surface area contributed by atoms with E-state index >= 15 is 0 Å². The molecule has 2 aromatic carbocycles. The Kier molecular flexibility index (Phi) is 8.47. The molecular weight excluding hydrogens is 418 g/mol. The van der Waals surface area contributed by atoms with Crippen molar-refractivity contribution in [3.8, 4) is 5.75 Å². The van der Waals surface area contributed by atoms with Crippen molar-refractivity contribution in [3.05, 3.63) is 65.7 Å². The van der Waals surface area contributed by atoms with Crippen LogP contribution in [-0.4, -0.2) is 74.7 Å². The molecule has 0 radical (unpaired) electrons. The van der Waals surface area contributed by atoms with Crippen LogP contribution in [0.5, 0.6) is 5.75 Å². The van der Waals surface area contributed by atoms with Crippen LogP contribution in [0.1, 0.15) is 41.7 Å². The second kappa shape index (κ2) is 11.3. The Morgan fingerprint density at radius 1 is 1.03 bits per heavy atom. The lowest BCUT2D eigenvalue weighted by Crippen LogP contribution is -2.61. The summed E-state index contributed by atoms with van der Waals surface area (Å²) in [5, 5.41) is 3.19. The van der Waals surface area contributed by atoms with Gasteiger partial charge in [-0.1, -0.05) is 30.3 Å². The molecule has 7 heteroatoms. The molecule has 1 fully saturated rings. The highest BCUT2D eigenvalue weighted by Gasteiger charge is 2.44. The van der Waals surface area contributed by atoms with E-state index < -0.39 is 5.54 Å². The van der Waals surface area contributed by atoms with Gasteiger partial charge in [0, 0.05) is 39.4 Å². The molecular formula is C26H35N3O4. The minimum Gasteiger partial charge on any atom is -0.492 e. The van der Waals surface area contributed by atoms with Gasteiger partial charge in [-0.2, -0.15) is 0 Å². The molecule has 0 bridgehead atoms. The first kappa shape index (κ1) is 24.7. The molecule has 1 N–H and O–H groups in total. The van der Waals surface area contributed by atoms with Gasteiger partial charge in [-0.25, -0.2) is 0 Å². The fourth-order valence-corrected chi connectivity index (χ4v) is 4.11. The SMILES string of the molecule is CC(NC(=O)C1(N(C)CCOc2ccccc2)CCOCC1)c1ccc(C(=O)N(C)C)cc1. The monoisotopic (exact) mass is 453 g/mol. The summed E-state index contributed by atoms with van der Waals surface area (Å²) in [6.45, 7) is 4.18. The van der Waals surface area contributed by atoms with Crippen LogP contribution in [0.2, 0.25) is 0 Å². The lowest BCUT2D eigenvalue weighted by Gasteiger charge is -2.43. The summed E-state index contributed by atoms with van der Waals surface area (Å²) in [6, 6.07) is 16.9. The molecule has 0 saturated carbocycles. The maximum atomic E-state index is 13.5. The van der Waals surface area contributed by atoms with Crippen molar-refractivity contribution >= 4 is 11.8 Å². The highest BCUT2D eigenvalue weighted by Crippen LogP contribution is 2.28. The zero-order valence-electron chi connectivity index (χ0n) is 20.0. The highest BCUT2D eigenvalue weighted by molar-refractivity contribution is 5.94. The zero-order valence-corrected chi connectivity index (χ0v) is 20.0. The van der Waals surface area contributed by atoms with E-state index in [4.69, 9.17) is 9.47 Å².